The zero-order chi connectivity index (χ0) is 14.8. The molecule has 1 heterocycles. The van der Waals surface area contributed by atoms with Gasteiger partial charge in [0.15, 0.2) is 0 Å². The van der Waals surface area contributed by atoms with Crippen molar-refractivity contribution in [2.45, 2.75) is 33.1 Å². The molecule has 1 rings (SSSR count). The molecule has 5 heteroatoms. The van der Waals surface area contributed by atoms with Crippen LogP contribution in [0.2, 0.25) is 0 Å². The van der Waals surface area contributed by atoms with Crippen LogP contribution in [0, 0.1) is 0 Å². The van der Waals surface area contributed by atoms with Gasteiger partial charge in [-0.3, -0.25) is 4.79 Å². The molecule has 0 radical (unpaired) electrons. The number of hydrogen-bond donors (Lipinski definition) is 2. The van der Waals surface area contributed by atoms with E-state index in [0.29, 0.717) is 18.8 Å². The Hall–Kier alpha value is -1.62. The van der Waals surface area contributed by atoms with Gasteiger partial charge in [-0.1, -0.05) is 20.3 Å². The number of amides is 1. The quantitative estimate of drug-likeness (QED) is 0.727. The number of rotatable bonds is 9. The lowest BCUT2D eigenvalue weighted by atomic mass is 10.2. The second kappa shape index (κ2) is 9.31. The summed E-state index contributed by atoms with van der Waals surface area (Å²) in [6, 6.07) is 3.60. The average molecular weight is 279 g/mol. The maximum absolute atomic E-state index is 12.3. The zero-order valence-electron chi connectivity index (χ0n) is 12.4. The molecule has 0 bridgehead atoms. The summed E-state index contributed by atoms with van der Waals surface area (Å²) in [5, 5.41) is 12.3. The Morgan fingerprint density at radius 1 is 1.30 bits per heavy atom. The first kappa shape index (κ1) is 16.4. The van der Waals surface area contributed by atoms with E-state index in [-0.39, 0.29) is 12.5 Å². The van der Waals surface area contributed by atoms with E-state index < -0.39 is 0 Å². The molecule has 0 spiro atoms. The zero-order valence-corrected chi connectivity index (χ0v) is 12.4. The van der Waals surface area contributed by atoms with E-state index in [4.69, 9.17) is 5.11 Å². The number of pyridine rings is 1. The van der Waals surface area contributed by atoms with Crippen LogP contribution < -0.4 is 5.32 Å². The average Bonchev–Trinajstić information content (AvgIpc) is 2.49. The molecule has 1 amide bonds. The minimum atomic E-state index is -0.116. The van der Waals surface area contributed by atoms with Gasteiger partial charge in [0.2, 0.25) is 0 Å². The third-order valence-electron chi connectivity index (χ3n) is 3.00. The standard InChI is InChI=1S/C15H25N3O2/c1-3-5-9-18(10-11-19)15(20)14-7-6-13(12-17-14)16-8-4-2/h6-7,12,16,19H,3-5,8-11H2,1-2H3. The van der Waals surface area contributed by atoms with Gasteiger partial charge in [-0.2, -0.15) is 0 Å². The van der Waals surface area contributed by atoms with Gasteiger partial charge in [0.05, 0.1) is 18.5 Å². The lowest BCUT2D eigenvalue weighted by Crippen LogP contribution is -2.34. The molecular formula is C15H25N3O2. The highest BCUT2D eigenvalue weighted by Gasteiger charge is 2.15. The highest BCUT2D eigenvalue weighted by molar-refractivity contribution is 5.92. The molecule has 2 N–H and O–H groups in total. The summed E-state index contributed by atoms with van der Waals surface area (Å²) in [7, 11) is 0. The Labute approximate surface area is 121 Å². The van der Waals surface area contributed by atoms with E-state index in [1.165, 1.54) is 0 Å². The lowest BCUT2D eigenvalue weighted by Gasteiger charge is -2.21. The molecule has 1 aromatic rings. The van der Waals surface area contributed by atoms with Crippen LogP contribution in [0.15, 0.2) is 18.3 Å². The van der Waals surface area contributed by atoms with E-state index in [9.17, 15) is 4.79 Å². The number of nitrogens with one attached hydrogen (secondary N) is 1. The summed E-state index contributed by atoms with van der Waals surface area (Å²) in [6.07, 6.45) is 4.67. The van der Waals surface area contributed by atoms with Crippen LogP contribution >= 0.6 is 0 Å². The normalized spacial score (nSPS) is 10.3. The summed E-state index contributed by atoms with van der Waals surface area (Å²) in [6.45, 7) is 6.06. The molecule has 20 heavy (non-hydrogen) atoms. The molecule has 112 valence electrons. The third kappa shape index (κ3) is 5.17. The van der Waals surface area contributed by atoms with Gasteiger partial charge in [-0.15, -0.1) is 0 Å². The molecule has 0 atom stereocenters. The highest BCUT2D eigenvalue weighted by Crippen LogP contribution is 2.09. The number of carbonyl (C=O) groups is 1. The molecule has 0 aliphatic carbocycles. The van der Waals surface area contributed by atoms with Crippen molar-refractivity contribution in [2.24, 2.45) is 0 Å². The van der Waals surface area contributed by atoms with E-state index in [0.717, 1.165) is 31.5 Å². The fraction of sp³-hybridized carbons (Fsp3) is 0.600. The number of aliphatic hydroxyl groups excluding tert-OH is 1. The summed E-state index contributed by atoms with van der Waals surface area (Å²) in [4.78, 5) is 18.2. The minimum absolute atomic E-state index is 0.0222. The van der Waals surface area contributed by atoms with Gasteiger partial charge in [-0.05, 0) is 25.0 Å². The monoisotopic (exact) mass is 279 g/mol. The number of nitrogens with zero attached hydrogens (tertiary/aromatic N) is 2. The largest absolute Gasteiger partial charge is 0.395 e. The van der Waals surface area contributed by atoms with Gasteiger partial charge < -0.3 is 15.3 Å². The van der Waals surface area contributed by atoms with Crippen LogP contribution in [0.4, 0.5) is 5.69 Å². The van der Waals surface area contributed by atoms with Crippen LogP contribution in [-0.4, -0.2) is 47.1 Å². The predicted octanol–water partition coefficient (Wildman–Crippen LogP) is 2.14. The Balaban J connectivity index is 2.67. The molecular weight excluding hydrogens is 254 g/mol. The first-order valence-corrected chi connectivity index (χ1v) is 7.33. The van der Waals surface area contributed by atoms with Crippen LogP contribution in [-0.2, 0) is 0 Å². The van der Waals surface area contributed by atoms with Crippen molar-refractivity contribution in [1.82, 2.24) is 9.88 Å². The molecule has 0 aliphatic rings. The fourth-order valence-electron chi connectivity index (χ4n) is 1.84. The molecule has 0 aliphatic heterocycles. The summed E-state index contributed by atoms with van der Waals surface area (Å²) >= 11 is 0. The predicted molar refractivity (Wildman–Crippen MR) is 80.9 cm³/mol. The van der Waals surface area contributed by atoms with Crippen molar-refractivity contribution in [2.75, 3.05) is 31.6 Å². The Morgan fingerprint density at radius 2 is 2.10 bits per heavy atom. The van der Waals surface area contributed by atoms with Crippen molar-refractivity contribution in [3.8, 4) is 0 Å². The summed E-state index contributed by atoms with van der Waals surface area (Å²) < 4.78 is 0. The first-order chi connectivity index (χ1) is 9.72. The van der Waals surface area contributed by atoms with Gasteiger partial charge in [0, 0.05) is 19.6 Å². The van der Waals surface area contributed by atoms with Gasteiger partial charge in [0.1, 0.15) is 5.69 Å². The van der Waals surface area contributed by atoms with Crippen molar-refractivity contribution in [3.63, 3.8) is 0 Å². The minimum Gasteiger partial charge on any atom is -0.395 e. The molecule has 1 aromatic heterocycles. The fourth-order valence-corrected chi connectivity index (χ4v) is 1.84. The van der Waals surface area contributed by atoms with Gasteiger partial charge >= 0.3 is 0 Å². The molecule has 0 saturated carbocycles. The molecule has 0 saturated heterocycles. The Morgan fingerprint density at radius 3 is 2.65 bits per heavy atom. The van der Waals surface area contributed by atoms with Gasteiger partial charge in [-0.25, -0.2) is 4.98 Å². The van der Waals surface area contributed by atoms with E-state index >= 15 is 0 Å². The second-order valence-corrected chi connectivity index (χ2v) is 4.73. The molecule has 0 aromatic carbocycles. The van der Waals surface area contributed by atoms with E-state index in [1.54, 1.807) is 17.2 Å². The van der Waals surface area contributed by atoms with Crippen LogP contribution in [0.5, 0.6) is 0 Å². The van der Waals surface area contributed by atoms with Gasteiger partial charge in [0.25, 0.3) is 5.91 Å². The molecule has 0 unspecified atom stereocenters. The number of unbranched alkanes of at least 4 members (excludes halogenated alkanes) is 1. The van der Waals surface area contributed by atoms with Crippen molar-refractivity contribution < 1.29 is 9.90 Å². The van der Waals surface area contributed by atoms with Crippen LogP contribution in [0.3, 0.4) is 0 Å². The summed E-state index contributed by atoms with van der Waals surface area (Å²) in [5.41, 5.74) is 1.35. The summed E-state index contributed by atoms with van der Waals surface area (Å²) in [5.74, 6) is -0.116. The maximum atomic E-state index is 12.3. The second-order valence-electron chi connectivity index (χ2n) is 4.73. The number of carbonyl (C=O) groups excluding carboxylic acids is 1. The van der Waals surface area contributed by atoms with Crippen molar-refractivity contribution in [1.29, 1.82) is 0 Å². The molecule has 0 fully saturated rings. The van der Waals surface area contributed by atoms with Crippen LogP contribution in [0.25, 0.3) is 0 Å². The van der Waals surface area contributed by atoms with Crippen molar-refractivity contribution in [3.05, 3.63) is 24.0 Å². The Bertz CT molecular complexity index is 393. The lowest BCUT2D eigenvalue weighted by molar-refractivity contribution is 0.0713. The number of anilines is 1. The topological polar surface area (TPSA) is 65.5 Å². The maximum Gasteiger partial charge on any atom is 0.272 e. The number of aromatic nitrogens is 1. The SMILES string of the molecule is CCCCN(CCO)C(=O)c1ccc(NCCC)cn1. The highest BCUT2D eigenvalue weighted by atomic mass is 16.3. The van der Waals surface area contributed by atoms with Crippen molar-refractivity contribution >= 4 is 11.6 Å². The Kier molecular flexibility index (Phi) is 7.65. The van der Waals surface area contributed by atoms with Crippen LogP contribution in [0.1, 0.15) is 43.6 Å². The first-order valence-electron chi connectivity index (χ1n) is 7.33. The number of aliphatic hydroxyl groups is 1. The molecule has 5 nitrogen and oxygen atoms in total. The van der Waals surface area contributed by atoms with E-state index in [2.05, 4.69) is 24.1 Å². The number of hydrogen-bond acceptors (Lipinski definition) is 4. The third-order valence-corrected chi connectivity index (χ3v) is 3.00. The van der Waals surface area contributed by atoms with E-state index in [1.807, 2.05) is 6.07 Å². The smallest absolute Gasteiger partial charge is 0.272 e.